The van der Waals surface area contributed by atoms with Gasteiger partial charge in [-0.2, -0.15) is 0 Å². The Bertz CT molecular complexity index is 839. The van der Waals surface area contributed by atoms with Gasteiger partial charge in [0, 0.05) is 17.1 Å². The smallest absolute Gasteiger partial charge is 0.310 e. The van der Waals surface area contributed by atoms with Crippen LogP contribution in [0.3, 0.4) is 0 Å². The summed E-state index contributed by atoms with van der Waals surface area (Å²) in [4.78, 5) is 18.1. The molecule has 7 heteroatoms. The van der Waals surface area contributed by atoms with Gasteiger partial charge in [0.15, 0.2) is 5.72 Å². The van der Waals surface area contributed by atoms with Gasteiger partial charge >= 0.3 is 5.97 Å². The summed E-state index contributed by atoms with van der Waals surface area (Å²) in [6.45, 7) is 2.06. The number of ether oxygens (including phenoxy) is 1. The molecule has 0 aliphatic carbocycles. The van der Waals surface area contributed by atoms with Gasteiger partial charge in [-0.1, -0.05) is 23.7 Å². The lowest BCUT2D eigenvalue weighted by Crippen LogP contribution is -2.38. The molecule has 0 fully saturated rings. The molecule has 27 heavy (non-hydrogen) atoms. The lowest BCUT2D eigenvalue weighted by molar-refractivity contribution is -0.147. The van der Waals surface area contributed by atoms with Gasteiger partial charge in [-0.15, -0.1) is 0 Å². The van der Waals surface area contributed by atoms with E-state index in [4.69, 9.17) is 16.3 Å². The first-order valence-corrected chi connectivity index (χ1v) is 9.00. The molecule has 1 aliphatic rings. The number of benzene rings is 2. The van der Waals surface area contributed by atoms with Crippen LogP contribution in [0.4, 0.5) is 10.1 Å². The fraction of sp³-hybridized carbons (Fsp3) is 0.300. The van der Waals surface area contributed by atoms with Crippen LogP contribution in [0.2, 0.25) is 5.02 Å². The molecule has 0 radical (unpaired) electrons. The number of aliphatic hydroxyl groups is 1. The van der Waals surface area contributed by atoms with Crippen molar-refractivity contribution in [3.05, 3.63) is 64.9 Å². The molecule has 0 bridgehead atoms. The molecule has 2 aromatic rings. The zero-order valence-electron chi connectivity index (χ0n) is 14.9. The Balaban J connectivity index is 1.88. The SMILES string of the molecule is CCOC(=O)CC1(O)CN(c2ccc(Cl)cc2)C(Cc2ccc(F)cc2)=N1. The Morgan fingerprint density at radius 3 is 2.56 bits per heavy atom. The second-order valence-electron chi connectivity index (χ2n) is 6.36. The zero-order valence-corrected chi connectivity index (χ0v) is 15.6. The van der Waals surface area contributed by atoms with E-state index in [-0.39, 0.29) is 25.4 Å². The Labute approximate surface area is 162 Å². The molecule has 0 amide bonds. The predicted octanol–water partition coefficient (Wildman–Crippen LogP) is 3.58. The number of β-amino-alcohol motifs (C(OH)–C–C–N with tert-alkyl or cyclic N) is 1. The number of carbonyl (C=O) groups is 1. The van der Waals surface area contributed by atoms with Gasteiger partial charge in [0.1, 0.15) is 11.7 Å². The predicted molar refractivity (Wildman–Crippen MR) is 103 cm³/mol. The topological polar surface area (TPSA) is 62.1 Å². The second-order valence-corrected chi connectivity index (χ2v) is 6.79. The number of rotatable bonds is 6. The van der Waals surface area contributed by atoms with E-state index in [9.17, 15) is 14.3 Å². The first-order chi connectivity index (χ1) is 12.9. The van der Waals surface area contributed by atoms with E-state index in [0.717, 1.165) is 11.3 Å². The van der Waals surface area contributed by atoms with E-state index < -0.39 is 11.7 Å². The van der Waals surface area contributed by atoms with Crippen LogP contribution in [-0.4, -0.2) is 35.8 Å². The van der Waals surface area contributed by atoms with Crippen LogP contribution in [0, 0.1) is 5.82 Å². The highest BCUT2D eigenvalue weighted by Crippen LogP contribution is 2.30. The quantitative estimate of drug-likeness (QED) is 0.766. The number of esters is 1. The summed E-state index contributed by atoms with van der Waals surface area (Å²) in [5.74, 6) is -0.251. The largest absolute Gasteiger partial charge is 0.466 e. The lowest BCUT2D eigenvalue weighted by Gasteiger charge is -2.24. The van der Waals surface area contributed by atoms with Crippen molar-refractivity contribution in [3.63, 3.8) is 0 Å². The van der Waals surface area contributed by atoms with Crippen molar-refractivity contribution in [3.8, 4) is 0 Å². The summed E-state index contributed by atoms with van der Waals surface area (Å²) >= 11 is 5.96. The molecule has 1 unspecified atom stereocenters. The van der Waals surface area contributed by atoms with Crippen molar-refractivity contribution in [1.29, 1.82) is 0 Å². The molecule has 3 rings (SSSR count). The van der Waals surface area contributed by atoms with E-state index in [1.165, 1.54) is 12.1 Å². The second kappa shape index (κ2) is 8.06. The van der Waals surface area contributed by atoms with Crippen LogP contribution >= 0.6 is 11.6 Å². The summed E-state index contributed by atoms with van der Waals surface area (Å²) < 4.78 is 18.1. The van der Waals surface area contributed by atoms with E-state index >= 15 is 0 Å². The number of amidine groups is 1. The molecular weight excluding hydrogens is 371 g/mol. The molecule has 0 saturated heterocycles. The van der Waals surface area contributed by atoms with Gasteiger partial charge < -0.3 is 14.7 Å². The van der Waals surface area contributed by atoms with Gasteiger partial charge in [0.2, 0.25) is 0 Å². The van der Waals surface area contributed by atoms with Crippen molar-refractivity contribution in [2.75, 3.05) is 18.1 Å². The molecular formula is C20H20ClFN2O3. The maximum absolute atomic E-state index is 13.2. The first kappa shape index (κ1) is 19.3. The molecule has 0 saturated carbocycles. The first-order valence-electron chi connectivity index (χ1n) is 8.63. The molecule has 1 N–H and O–H groups in total. The van der Waals surface area contributed by atoms with E-state index in [2.05, 4.69) is 4.99 Å². The van der Waals surface area contributed by atoms with Crippen LogP contribution in [0.1, 0.15) is 18.9 Å². The maximum Gasteiger partial charge on any atom is 0.310 e. The highest BCUT2D eigenvalue weighted by atomic mass is 35.5. The van der Waals surface area contributed by atoms with Crippen molar-refractivity contribution in [1.82, 2.24) is 0 Å². The number of hydrogen-bond donors (Lipinski definition) is 1. The minimum absolute atomic E-state index is 0.115. The average molecular weight is 391 g/mol. The third-order valence-corrected chi connectivity index (χ3v) is 4.46. The van der Waals surface area contributed by atoms with Gasteiger partial charge in [-0.3, -0.25) is 4.79 Å². The van der Waals surface area contributed by atoms with Crippen LogP contribution < -0.4 is 4.90 Å². The normalized spacial score (nSPS) is 19.1. The van der Waals surface area contributed by atoms with E-state index in [0.29, 0.717) is 17.3 Å². The Morgan fingerprint density at radius 1 is 1.26 bits per heavy atom. The molecule has 1 atom stereocenters. The van der Waals surface area contributed by atoms with E-state index in [1.807, 2.05) is 17.0 Å². The molecule has 0 spiro atoms. The average Bonchev–Trinajstić information content (AvgIpc) is 2.94. The minimum atomic E-state index is -1.58. The summed E-state index contributed by atoms with van der Waals surface area (Å²) in [6, 6.07) is 13.2. The molecule has 1 aliphatic heterocycles. The molecule has 0 aromatic heterocycles. The highest BCUT2D eigenvalue weighted by molar-refractivity contribution is 6.30. The summed E-state index contributed by atoms with van der Waals surface area (Å²) in [5, 5.41) is 11.4. The van der Waals surface area contributed by atoms with Gasteiger partial charge in [-0.25, -0.2) is 9.38 Å². The highest BCUT2D eigenvalue weighted by Gasteiger charge is 2.40. The van der Waals surface area contributed by atoms with Crippen molar-refractivity contribution in [2.24, 2.45) is 4.99 Å². The molecule has 2 aromatic carbocycles. The Kier molecular flexibility index (Phi) is 5.77. The van der Waals surface area contributed by atoms with E-state index in [1.54, 1.807) is 31.2 Å². The fourth-order valence-electron chi connectivity index (χ4n) is 3.00. The van der Waals surface area contributed by atoms with Gasteiger partial charge in [0.25, 0.3) is 0 Å². The summed E-state index contributed by atoms with van der Waals surface area (Å²) in [5.41, 5.74) is 0.0517. The van der Waals surface area contributed by atoms with Crippen LogP contribution in [0.5, 0.6) is 0 Å². The number of nitrogens with zero attached hydrogens (tertiary/aromatic N) is 2. The lowest BCUT2D eigenvalue weighted by atomic mass is 10.1. The number of aliphatic imine (C=N–C) groups is 1. The Hall–Kier alpha value is -2.44. The van der Waals surface area contributed by atoms with Gasteiger partial charge in [0.05, 0.1) is 19.6 Å². The fourth-order valence-corrected chi connectivity index (χ4v) is 3.13. The third-order valence-electron chi connectivity index (χ3n) is 4.21. The monoisotopic (exact) mass is 390 g/mol. The number of hydrogen-bond acceptors (Lipinski definition) is 5. The molecule has 1 heterocycles. The standard InChI is InChI=1S/C20H20ClFN2O3/c1-2-27-19(25)12-20(26)13-24(17-9-5-15(21)6-10-17)18(23-20)11-14-3-7-16(22)8-4-14/h3-10,26H,2,11-13H2,1H3. The van der Waals surface area contributed by atoms with Crippen LogP contribution in [0.25, 0.3) is 0 Å². The maximum atomic E-state index is 13.2. The third kappa shape index (κ3) is 4.84. The summed E-state index contributed by atoms with van der Waals surface area (Å²) in [6.07, 6.45) is 0.145. The number of carbonyl (C=O) groups excluding carboxylic acids is 1. The van der Waals surface area contributed by atoms with Crippen molar-refractivity contribution >= 4 is 29.1 Å². The van der Waals surface area contributed by atoms with Gasteiger partial charge in [-0.05, 0) is 48.9 Å². The zero-order chi connectivity index (χ0) is 19.4. The van der Waals surface area contributed by atoms with Crippen LogP contribution in [0.15, 0.2) is 53.5 Å². The molecule has 142 valence electrons. The Morgan fingerprint density at radius 2 is 1.93 bits per heavy atom. The summed E-state index contributed by atoms with van der Waals surface area (Å²) in [7, 11) is 0. The number of halogens is 2. The van der Waals surface area contributed by atoms with Crippen molar-refractivity contribution < 1.29 is 19.0 Å². The van der Waals surface area contributed by atoms with Crippen LogP contribution in [-0.2, 0) is 16.0 Å². The number of anilines is 1. The molecule has 5 nitrogen and oxygen atoms in total. The minimum Gasteiger partial charge on any atom is -0.466 e. The van der Waals surface area contributed by atoms with Crippen molar-refractivity contribution in [2.45, 2.75) is 25.5 Å².